The Morgan fingerprint density at radius 2 is 2.18 bits per heavy atom. The molecule has 0 aromatic carbocycles. The highest BCUT2D eigenvalue weighted by Gasteiger charge is 2.07. The van der Waals surface area contributed by atoms with E-state index in [4.69, 9.17) is 4.74 Å². The maximum Gasteiger partial charge on any atom is 0.306 e. The zero-order valence-electron chi connectivity index (χ0n) is 9.81. The number of rotatable bonds is 6. The standard InChI is InChI=1S/C12H16N2O3/c1-2-17-12(16)7-6-11(15)14-9-10-5-3-4-8-13-10/h3-5,8H,2,6-7,9H2,1H3,(H,14,15). The lowest BCUT2D eigenvalue weighted by Crippen LogP contribution is -2.24. The molecule has 0 saturated heterocycles. The Morgan fingerprint density at radius 3 is 2.82 bits per heavy atom. The summed E-state index contributed by atoms with van der Waals surface area (Å²) < 4.78 is 4.72. The van der Waals surface area contributed by atoms with Crippen molar-refractivity contribution >= 4 is 11.9 Å². The number of carbonyl (C=O) groups is 2. The zero-order chi connectivity index (χ0) is 12.5. The summed E-state index contributed by atoms with van der Waals surface area (Å²) in [5, 5.41) is 2.69. The van der Waals surface area contributed by atoms with Crippen LogP contribution in [0.3, 0.4) is 0 Å². The lowest BCUT2D eigenvalue weighted by molar-refractivity contribution is -0.144. The second-order valence-electron chi connectivity index (χ2n) is 3.40. The van der Waals surface area contributed by atoms with Gasteiger partial charge in [0.1, 0.15) is 0 Å². The minimum atomic E-state index is -0.347. The van der Waals surface area contributed by atoms with E-state index in [1.54, 1.807) is 13.1 Å². The van der Waals surface area contributed by atoms with Crippen molar-refractivity contribution in [2.24, 2.45) is 0 Å². The summed E-state index contributed by atoms with van der Waals surface area (Å²) in [5.74, 6) is -0.524. The second kappa shape index (κ2) is 7.38. The molecule has 0 spiro atoms. The molecule has 17 heavy (non-hydrogen) atoms. The highest BCUT2D eigenvalue weighted by molar-refractivity contribution is 5.81. The molecule has 0 aliphatic rings. The molecular formula is C12H16N2O3. The Bertz CT molecular complexity index is 365. The van der Waals surface area contributed by atoms with E-state index < -0.39 is 0 Å². The number of amides is 1. The van der Waals surface area contributed by atoms with Gasteiger partial charge in [0.05, 0.1) is 25.3 Å². The maximum atomic E-state index is 11.4. The molecule has 1 amide bonds. The number of hydrogen-bond donors (Lipinski definition) is 1. The molecule has 1 rings (SSSR count). The van der Waals surface area contributed by atoms with Gasteiger partial charge in [0.25, 0.3) is 0 Å². The first-order valence-electron chi connectivity index (χ1n) is 5.54. The number of nitrogens with one attached hydrogen (secondary N) is 1. The van der Waals surface area contributed by atoms with Crippen LogP contribution in [0.1, 0.15) is 25.5 Å². The molecule has 92 valence electrons. The quantitative estimate of drug-likeness (QED) is 0.749. The summed E-state index contributed by atoms with van der Waals surface area (Å²) >= 11 is 0. The number of ether oxygens (including phenoxy) is 1. The summed E-state index contributed by atoms with van der Waals surface area (Å²) in [6.45, 7) is 2.45. The third-order valence-corrected chi connectivity index (χ3v) is 2.05. The Kier molecular flexibility index (Phi) is 5.71. The van der Waals surface area contributed by atoms with Crippen LogP contribution in [0.4, 0.5) is 0 Å². The van der Waals surface area contributed by atoms with Gasteiger partial charge in [-0.2, -0.15) is 0 Å². The fourth-order valence-corrected chi connectivity index (χ4v) is 1.23. The maximum absolute atomic E-state index is 11.4. The van der Waals surface area contributed by atoms with E-state index in [-0.39, 0.29) is 24.7 Å². The number of pyridine rings is 1. The van der Waals surface area contributed by atoms with Crippen LogP contribution in [-0.2, 0) is 20.9 Å². The second-order valence-corrected chi connectivity index (χ2v) is 3.40. The van der Waals surface area contributed by atoms with Crippen molar-refractivity contribution in [1.82, 2.24) is 10.3 Å². The van der Waals surface area contributed by atoms with Crippen LogP contribution in [0.15, 0.2) is 24.4 Å². The van der Waals surface area contributed by atoms with Crippen molar-refractivity contribution in [2.75, 3.05) is 6.61 Å². The number of carbonyl (C=O) groups excluding carboxylic acids is 2. The van der Waals surface area contributed by atoms with Crippen LogP contribution < -0.4 is 5.32 Å². The molecule has 0 aliphatic carbocycles. The van der Waals surface area contributed by atoms with E-state index >= 15 is 0 Å². The van der Waals surface area contributed by atoms with Crippen LogP contribution in [-0.4, -0.2) is 23.5 Å². The Hall–Kier alpha value is -1.91. The summed E-state index contributed by atoms with van der Waals surface area (Å²) in [6.07, 6.45) is 1.92. The summed E-state index contributed by atoms with van der Waals surface area (Å²) in [7, 11) is 0. The fraction of sp³-hybridized carbons (Fsp3) is 0.417. The lowest BCUT2D eigenvalue weighted by Gasteiger charge is -2.04. The molecule has 1 aromatic heterocycles. The van der Waals surface area contributed by atoms with Crippen LogP contribution in [0, 0.1) is 0 Å². The molecule has 5 heteroatoms. The van der Waals surface area contributed by atoms with Gasteiger partial charge in [-0.05, 0) is 19.1 Å². The van der Waals surface area contributed by atoms with Crippen molar-refractivity contribution in [3.8, 4) is 0 Å². The van der Waals surface area contributed by atoms with Crippen molar-refractivity contribution in [2.45, 2.75) is 26.3 Å². The van der Waals surface area contributed by atoms with E-state index in [0.29, 0.717) is 13.2 Å². The monoisotopic (exact) mass is 236 g/mol. The van der Waals surface area contributed by atoms with Crippen LogP contribution in [0.25, 0.3) is 0 Å². The molecule has 0 fully saturated rings. The van der Waals surface area contributed by atoms with E-state index in [9.17, 15) is 9.59 Å². The van der Waals surface area contributed by atoms with Crippen LogP contribution >= 0.6 is 0 Å². The Balaban J connectivity index is 2.20. The van der Waals surface area contributed by atoms with Crippen molar-refractivity contribution in [1.29, 1.82) is 0 Å². The third kappa shape index (κ3) is 5.65. The Labute approximate surface area is 100 Å². The zero-order valence-corrected chi connectivity index (χ0v) is 9.81. The molecular weight excluding hydrogens is 220 g/mol. The molecule has 1 N–H and O–H groups in total. The molecule has 0 unspecified atom stereocenters. The predicted octanol–water partition coefficient (Wildman–Crippen LogP) is 1.04. The van der Waals surface area contributed by atoms with Crippen molar-refractivity contribution in [3.63, 3.8) is 0 Å². The number of nitrogens with zero attached hydrogens (tertiary/aromatic N) is 1. The van der Waals surface area contributed by atoms with E-state index in [0.717, 1.165) is 5.69 Å². The summed E-state index contributed by atoms with van der Waals surface area (Å²) in [6, 6.07) is 5.49. The molecule has 0 radical (unpaired) electrons. The summed E-state index contributed by atoms with van der Waals surface area (Å²) in [4.78, 5) is 26.5. The van der Waals surface area contributed by atoms with Gasteiger partial charge in [-0.3, -0.25) is 14.6 Å². The highest BCUT2D eigenvalue weighted by atomic mass is 16.5. The molecule has 1 heterocycles. The van der Waals surface area contributed by atoms with Crippen LogP contribution in [0.5, 0.6) is 0 Å². The molecule has 5 nitrogen and oxygen atoms in total. The fourth-order valence-electron chi connectivity index (χ4n) is 1.23. The average molecular weight is 236 g/mol. The van der Waals surface area contributed by atoms with Gasteiger partial charge in [-0.1, -0.05) is 6.07 Å². The average Bonchev–Trinajstić information content (AvgIpc) is 2.35. The molecule has 0 aliphatic heterocycles. The van der Waals surface area contributed by atoms with Crippen molar-refractivity contribution in [3.05, 3.63) is 30.1 Å². The molecule has 0 saturated carbocycles. The van der Waals surface area contributed by atoms with E-state index in [1.165, 1.54) is 0 Å². The molecule has 0 bridgehead atoms. The van der Waals surface area contributed by atoms with Gasteiger partial charge in [-0.15, -0.1) is 0 Å². The minimum Gasteiger partial charge on any atom is -0.466 e. The predicted molar refractivity (Wildman–Crippen MR) is 62.0 cm³/mol. The highest BCUT2D eigenvalue weighted by Crippen LogP contribution is 1.95. The Morgan fingerprint density at radius 1 is 1.35 bits per heavy atom. The SMILES string of the molecule is CCOC(=O)CCC(=O)NCc1ccccn1. The first-order valence-corrected chi connectivity index (χ1v) is 5.54. The van der Waals surface area contributed by atoms with Gasteiger partial charge in [0.15, 0.2) is 0 Å². The molecule has 0 atom stereocenters. The number of esters is 1. The van der Waals surface area contributed by atoms with Gasteiger partial charge in [0, 0.05) is 12.6 Å². The van der Waals surface area contributed by atoms with Gasteiger partial charge in [0.2, 0.25) is 5.91 Å². The summed E-state index contributed by atoms with van der Waals surface area (Å²) in [5.41, 5.74) is 0.789. The smallest absolute Gasteiger partial charge is 0.306 e. The normalized spacial score (nSPS) is 9.71. The number of aromatic nitrogens is 1. The lowest BCUT2D eigenvalue weighted by atomic mass is 10.3. The van der Waals surface area contributed by atoms with Crippen LogP contribution in [0.2, 0.25) is 0 Å². The largest absolute Gasteiger partial charge is 0.466 e. The van der Waals surface area contributed by atoms with Gasteiger partial charge < -0.3 is 10.1 Å². The minimum absolute atomic E-state index is 0.113. The topological polar surface area (TPSA) is 68.3 Å². The first-order chi connectivity index (χ1) is 8.22. The van der Waals surface area contributed by atoms with Gasteiger partial charge in [-0.25, -0.2) is 0 Å². The van der Waals surface area contributed by atoms with Crippen molar-refractivity contribution < 1.29 is 14.3 Å². The van der Waals surface area contributed by atoms with E-state index in [2.05, 4.69) is 10.3 Å². The first kappa shape index (κ1) is 13.2. The third-order valence-electron chi connectivity index (χ3n) is 2.05. The molecule has 1 aromatic rings. The van der Waals surface area contributed by atoms with Gasteiger partial charge >= 0.3 is 5.97 Å². The number of hydrogen-bond acceptors (Lipinski definition) is 4. The van der Waals surface area contributed by atoms with E-state index in [1.807, 2.05) is 18.2 Å².